The Morgan fingerprint density at radius 2 is 1.79 bits per heavy atom. The first-order chi connectivity index (χ1) is 13.8. The van der Waals surface area contributed by atoms with Gasteiger partial charge < -0.3 is 10.6 Å². The molecule has 0 aliphatic rings. The van der Waals surface area contributed by atoms with E-state index in [1.807, 2.05) is 39.0 Å². The van der Waals surface area contributed by atoms with E-state index in [4.69, 9.17) is 11.6 Å². The summed E-state index contributed by atoms with van der Waals surface area (Å²) in [5.41, 5.74) is 4.98. The number of hydrogen-bond acceptors (Lipinski definition) is 4. The van der Waals surface area contributed by atoms with Gasteiger partial charge in [-0.1, -0.05) is 28.9 Å². The molecule has 0 aliphatic heterocycles. The standard InChI is InChI=1S/C21H22ClN5O2/c1-12-8-9-16(10-13(12)2)23-19(28)11-27-15(4)20(25-26-27)21(29)24-18-7-5-6-17(22)14(18)3/h5-10H,11H2,1-4H3,(H,23,28)(H,24,29). The Hall–Kier alpha value is -3.19. The molecular formula is C21H22ClN5O2. The maximum absolute atomic E-state index is 12.6. The van der Waals surface area contributed by atoms with Crippen LogP contribution >= 0.6 is 11.6 Å². The molecule has 3 rings (SSSR count). The molecular weight excluding hydrogens is 390 g/mol. The van der Waals surface area contributed by atoms with E-state index < -0.39 is 5.91 Å². The molecule has 2 N–H and O–H groups in total. The zero-order chi connectivity index (χ0) is 21.1. The number of halogens is 1. The summed E-state index contributed by atoms with van der Waals surface area (Å²) in [5.74, 6) is -0.660. The van der Waals surface area contributed by atoms with E-state index in [0.29, 0.717) is 22.1 Å². The van der Waals surface area contributed by atoms with Gasteiger partial charge in [0, 0.05) is 16.4 Å². The van der Waals surface area contributed by atoms with E-state index in [0.717, 1.165) is 16.7 Å². The Kier molecular flexibility index (Phi) is 5.98. The summed E-state index contributed by atoms with van der Waals surface area (Å²) >= 11 is 6.09. The van der Waals surface area contributed by atoms with Crippen LogP contribution in [0.2, 0.25) is 5.02 Å². The van der Waals surface area contributed by atoms with Crippen LogP contribution in [0.5, 0.6) is 0 Å². The van der Waals surface area contributed by atoms with E-state index in [-0.39, 0.29) is 18.1 Å². The molecule has 150 valence electrons. The molecule has 3 aromatic rings. The molecule has 0 bridgehead atoms. The van der Waals surface area contributed by atoms with Gasteiger partial charge in [-0.3, -0.25) is 9.59 Å². The van der Waals surface area contributed by atoms with Crippen LogP contribution in [0.25, 0.3) is 0 Å². The third-order valence-corrected chi connectivity index (χ3v) is 5.21. The summed E-state index contributed by atoms with van der Waals surface area (Å²) in [4.78, 5) is 25.0. The number of nitrogens with one attached hydrogen (secondary N) is 2. The van der Waals surface area contributed by atoms with Gasteiger partial charge >= 0.3 is 0 Å². The van der Waals surface area contributed by atoms with Gasteiger partial charge in [-0.15, -0.1) is 5.10 Å². The molecule has 0 saturated heterocycles. The van der Waals surface area contributed by atoms with Crippen molar-refractivity contribution in [3.8, 4) is 0 Å². The molecule has 29 heavy (non-hydrogen) atoms. The van der Waals surface area contributed by atoms with Crippen LogP contribution in [-0.4, -0.2) is 26.8 Å². The van der Waals surface area contributed by atoms with Crippen molar-refractivity contribution in [2.75, 3.05) is 10.6 Å². The first kappa shape index (κ1) is 20.5. The lowest BCUT2D eigenvalue weighted by molar-refractivity contribution is -0.117. The highest BCUT2D eigenvalue weighted by Crippen LogP contribution is 2.23. The molecule has 0 fully saturated rings. The molecule has 0 saturated carbocycles. The smallest absolute Gasteiger partial charge is 0.278 e. The van der Waals surface area contributed by atoms with E-state index in [9.17, 15) is 9.59 Å². The lowest BCUT2D eigenvalue weighted by Crippen LogP contribution is -2.21. The van der Waals surface area contributed by atoms with Crippen LogP contribution < -0.4 is 10.6 Å². The van der Waals surface area contributed by atoms with Gasteiger partial charge in [-0.05, 0) is 68.7 Å². The van der Waals surface area contributed by atoms with Crippen molar-refractivity contribution in [2.24, 2.45) is 0 Å². The molecule has 1 heterocycles. The van der Waals surface area contributed by atoms with Gasteiger partial charge in [-0.2, -0.15) is 0 Å². The Morgan fingerprint density at radius 3 is 2.52 bits per heavy atom. The molecule has 0 unspecified atom stereocenters. The molecule has 8 heteroatoms. The predicted octanol–water partition coefficient (Wildman–Crippen LogP) is 4.06. The van der Waals surface area contributed by atoms with Gasteiger partial charge in [0.1, 0.15) is 6.54 Å². The zero-order valence-electron chi connectivity index (χ0n) is 16.7. The molecule has 2 amide bonds. The van der Waals surface area contributed by atoms with Gasteiger partial charge in [0.25, 0.3) is 5.91 Å². The fourth-order valence-electron chi connectivity index (χ4n) is 2.80. The fourth-order valence-corrected chi connectivity index (χ4v) is 2.97. The Labute approximate surface area is 174 Å². The van der Waals surface area contributed by atoms with Gasteiger partial charge in [0.05, 0.1) is 5.69 Å². The minimum Gasteiger partial charge on any atom is -0.324 e. The summed E-state index contributed by atoms with van der Waals surface area (Å²) in [7, 11) is 0. The average molecular weight is 412 g/mol. The first-order valence-electron chi connectivity index (χ1n) is 9.10. The lowest BCUT2D eigenvalue weighted by atomic mass is 10.1. The number of anilines is 2. The molecule has 2 aromatic carbocycles. The highest BCUT2D eigenvalue weighted by atomic mass is 35.5. The molecule has 1 aromatic heterocycles. The average Bonchev–Trinajstić information content (AvgIpc) is 3.02. The normalized spacial score (nSPS) is 10.7. The highest BCUT2D eigenvalue weighted by Gasteiger charge is 2.19. The largest absolute Gasteiger partial charge is 0.324 e. The van der Waals surface area contributed by atoms with Crippen molar-refractivity contribution in [1.29, 1.82) is 0 Å². The van der Waals surface area contributed by atoms with E-state index in [1.54, 1.807) is 25.1 Å². The first-order valence-corrected chi connectivity index (χ1v) is 9.47. The summed E-state index contributed by atoms with van der Waals surface area (Å²) in [6.07, 6.45) is 0. The number of carbonyl (C=O) groups excluding carboxylic acids is 2. The van der Waals surface area contributed by atoms with Crippen LogP contribution in [0.15, 0.2) is 36.4 Å². The second kappa shape index (κ2) is 8.45. The van der Waals surface area contributed by atoms with Gasteiger partial charge in [-0.25, -0.2) is 4.68 Å². The predicted molar refractivity (Wildman–Crippen MR) is 113 cm³/mol. The Balaban J connectivity index is 1.69. The quantitative estimate of drug-likeness (QED) is 0.662. The lowest BCUT2D eigenvalue weighted by Gasteiger charge is -2.09. The summed E-state index contributed by atoms with van der Waals surface area (Å²) < 4.78 is 1.40. The van der Waals surface area contributed by atoms with E-state index in [2.05, 4.69) is 20.9 Å². The van der Waals surface area contributed by atoms with Crippen LogP contribution in [0.3, 0.4) is 0 Å². The second-order valence-electron chi connectivity index (χ2n) is 6.89. The van der Waals surface area contributed by atoms with Crippen molar-refractivity contribution < 1.29 is 9.59 Å². The topological polar surface area (TPSA) is 88.9 Å². The number of aryl methyl sites for hydroxylation is 2. The third-order valence-electron chi connectivity index (χ3n) is 4.80. The number of rotatable bonds is 5. The number of benzene rings is 2. The van der Waals surface area contributed by atoms with Gasteiger partial charge in [0.2, 0.25) is 5.91 Å². The van der Waals surface area contributed by atoms with Crippen LogP contribution in [0, 0.1) is 27.7 Å². The number of nitrogens with zero attached hydrogens (tertiary/aromatic N) is 3. The number of aromatic nitrogens is 3. The summed E-state index contributed by atoms with van der Waals surface area (Å²) in [6.45, 7) is 7.47. The number of hydrogen-bond donors (Lipinski definition) is 2. The molecule has 0 spiro atoms. The fraction of sp³-hybridized carbons (Fsp3) is 0.238. The molecule has 7 nitrogen and oxygen atoms in total. The van der Waals surface area contributed by atoms with Crippen molar-refractivity contribution in [3.05, 3.63) is 69.5 Å². The van der Waals surface area contributed by atoms with Crippen molar-refractivity contribution in [2.45, 2.75) is 34.2 Å². The Bertz CT molecular complexity index is 1090. The van der Waals surface area contributed by atoms with E-state index in [1.165, 1.54) is 4.68 Å². The second-order valence-corrected chi connectivity index (χ2v) is 7.30. The summed E-state index contributed by atoms with van der Waals surface area (Å²) in [5, 5.41) is 14.1. The SMILES string of the molecule is Cc1ccc(NC(=O)Cn2nnc(C(=O)Nc3cccc(Cl)c3C)c2C)cc1C. The monoisotopic (exact) mass is 411 g/mol. The maximum atomic E-state index is 12.6. The van der Waals surface area contributed by atoms with Crippen molar-refractivity contribution in [3.63, 3.8) is 0 Å². The zero-order valence-corrected chi connectivity index (χ0v) is 17.5. The van der Waals surface area contributed by atoms with Crippen LogP contribution in [0.1, 0.15) is 32.9 Å². The summed E-state index contributed by atoms with van der Waals surface area (Å²) in [6, 6.07) is 11.0. The minimum absolute atomic E-state index is 0.0464. The van der Waals surface area contributed by atoms with Crippen LogP contribution in [0.4, 0.5) is 11.4 Å². The van der Waals surface area contributed by atoms with Gasteiger partial charge in [0.15, 0.2) is 5.69 Å². The number of amides is 2. The van der Waals surface area contributed by atoms with Crippen molar-refractivity contribution >= 4 is 34.8 Å². The molecule has 0 atom stereocenters. The molecule has 0 radical (unpaired) electrons. The highest BCUT2D eigenvalue weighted by molar-refractivity contribution is 6.31. The maximum Gasteiger partial charge on any atom is 0.278 e. The van der Waals surface area contributed by atoms with Crippen molar-refractivity contribution in [1.82, 2.24) is 15.0 Å². The molecule has 0 aliphatic carbocycles. The third kappa shape index (κ3) is 4.63. The minimum atomic E-state index is -0.409. The van der Waals surface area contributed by atoms with Crippen LogP contribution in [-0.2, 0) is 11.3 Å². The number of carbonyl (C=O) groups is 2. The van der Waals surface area contributed by atoms with E-state index >= 15 is 0 Å². The Morgan fingerprint density at radius 1 is 1.03 bits per heavy atom.